The number of hydrazone groups is 1. The lowest BCUT2D eigenvalue weighted by atomic mass is 10.1. The van der Waals surface area contributed by atoms with Gasteiger partial charge in [-0.25, -0.2) is 10.4 Å². The molecule has 1 aromatic carbocycles. The molecule has 0 aliphatic carbocycles. The van der Waals surface area contributed by atoms with E-state index < -0.39 is 0 Å². The molecule has 130 valence electrons. The van der Waals surface area contributed by atoms with Crippen molar-refractivity contribution in [2.24, 2.45) is 5.10 Å². The molecule has 2 amide bonds. The van der Waals surface area contributed by atoms with Gasteiger partial charge >= 0.3 is 0 Å². The predicted octanol–water partition coefficient (Wildman–Crippen LogP) is 3.45. The lowest BCUT2D eigenvalue weighted by Gasteiger charge is -2.05. The number of benzene rings is 1. The number of nitrogens with zero attached hydrogens (tertiary/aromatic N) is 2. The Kier molecular flexibility index (Phi) is 6.91. The maximum Gasteiger partial charge on any atom is 0.244 e. The molecule has 0 spiro atoms. The topological polar surface area (TPSA) is 83.4 Å². The van der Waals surface area contributed by atoms with Gasteiger partial charge in [0.25, 0.3) is 0 Å². The third-order valence-corrected chi connectivity index (χ3v) is 3.54. The lowest BCUT2D eigenvalue weighted by Crippen LogP contribution is -2.23. The van der Waals surface area contributed by atoms with Gasteiger partial charge < -0.3 is 5.32 Å². The van der Waals surface area contributed by atoms with Crippen molar-refractivity contribution in [3.8, 4) is 0 Å². The summed E-state index contributed by atoms with van der Waals surface area (Å²) >= 11 is 11.5. The Labute approximate surface area is 155 Å². The highest BCUT2D eigenvalue weighted by Gasteiger charge is 2.07. The minimum absolute atomic E-state index is 0.0333. The number of hydrogen-bond donors (Lipinski definition) is 2. The molecule has 0 radical (unpaired) electrons. The van der Waals surface area contributed by atoms with Crippen molar-refractivity contribution in [2.45, 2.75) is 19.8 Å². The van der Waals surface area contributed by atoms with E-state index in [0.29, 0.717) is 21.6 Å². The van der Waals surface area contributed by atoms with Crippen molar-refractivity contribution >= 4 is 46.5 Å². The fourth-order valence-electron chi connectivity index (χ4n) is 1.89. The fraction of sp³-hybridized carbons (Fsp3) is 0.176. The van der Waals surface area contributed by atoms with Crippen LogP contribution in [-0.4, -0.2) is 22.5 Å². The van der Waals surface area contributed by atoms with Crippen LogP contribution in [0.5, 0.6) is 0 Å². The molecule has 2 rings (SSSR count). The van der Waals surface area contributed by atoms with Crippen LogP contribution in [0.25, 0.3) is 0 Å². The number of carbonyl (C=O) groups is 2. The Morgan fingerprint density at radius 3 is 2.36 bits per heavy atom. The standard InChI is InChI=1S/C17H16Cl2N4O2/c1-11(8-16(24)21-15-7-6-14(19)10-20-15)22-23-17(25)9-12-2-4-13(18)5-3-12/h2-7,10H,8-9H2,1H3,(H,23,25)(H,20,21,24)/b22-11+. The van der Waals surface area contributed by atoms with Crippen LogP contribution >= 0.6 is 23.2 Å². The maximum atomic E-state index is 11.9. The summed E-state index contributed by atoms with van der Waals surface area (Å²) in [6.07, 6.45) is 1.65. The Hall–Kier alpha value is -2.44. The van der Waals surface area contributed by atoms with Gasteiger partial charge in [-0.2, -0.15) is 5.10 Å². The van der Waals surface area contributed by atoms with E-state index in [1.165, 1.54) is 6.20 Å². The molecule has 25 heavy (non-hydrogen) atoms. The number of carbonyl (C=O) groups excluding carboxylic acids is 2. The van der Waals surface area contributed by atoms with E-state index in [4.69, 9.17) is 23.2 Å². The van der Waals surface area contributed by atoms with E-state index >= 15 is 0 Å². The summed E-state index contributed by atoms with van der Waals surface area (Å²) in [6, 6.07) is 10.2. The highest BCUT2D eigenvalue weighted by molar-refractivity contribution is 6.30. The van der Waals surface area contributed by atoms with Gasteiger partial charge in [0.1, 0.15) is 5.82 Å². The van der Waals surface area contributed by atoms with Gasteiger partial charge in [0.15, 0.2) is 0 Å². The van der Waals surface area contributed by atoms with Crippen molar-refractivity contribution in [1.82, 2.24) is 10.4 Å². The van der Waals surface area contributed by atoms with Crippen LogP contribution in [-0.2, 0) is 16.0 Å². The Balaban J connectivity index is 1.79. The first-order chi connectivity index (χ1) is 11.9. The minimum atomic E-state index is -0.289. The predicted molar refractivity (Wildman–Crippen MR) is 98.9 cm³/mol. The zero-order chi connectivity index (χ0) is 18.2. The van der Waals surface area contributed by atoms with Gasteiger partial charge in [0, 0.05) is 16.9 Å². The third kappa shape index (κ3) is 6.91. The number of pyridine rings is 1. The van der Waals surface area contributed by atoms with Gasteiger partial charge in [-0.1, -0.05) is 35.3 Å². The summed E-state index contributed by atoms with van der Waals surface area (Å²) in [5.74, 6) is -0.168. The smallest absolute Gasteiger partial charge is 0.244 e. The van der Waals surface area contributed by atoms with Crippen molar-refractivity contribution in [3.63, 3.8) is 0 Å². The summed E-state index contributed by atoms with van der Waals surface area (Å²) < 4.78 is 0. The molecule has 2 aromatic rings. The second kappa shape index (κ2) is 9.15. The number of anilines is 1. The van der Waals surface area contributed by atoms with Crippen LogP contribution in [0.15, 0.2) is 47.7 Å². The Morgan fingerprint density at radius 1 is 1.04 bits per heavy atom. The molecule has 0 bridgehead atoms. The number of halogens is 2. The average molecular weight is 379 g/mol. The molecule has 0 saturated heterocycles. The molecule has 8 heteroatoms. The fourth-order valence-corrected chi connectivity index (χ4v) is 2.13. The van der Waals surface area contributed by atoms with Crippen molar-refractivity contribution in [1.29, 1.82) is 0 Å². The molecule has 0 aliphatic heterocycles. The molecule has 1 heterocycles. The zero-order valence-corrected chi connectivity index (χ0v) is 14.9. The summed E-state index contributed by atoms with van der Waals surface area (Å²) in [7, 11) is 0. The number of rotatable bonds is 6. The second-order valence-corrected chi connectivity index (χ2v) is 6.14. The van der Waals surface area contributed by atoms with Crippen LogP contribution in [0.3, 0.4) is 0 Å². The van der Waals surface area contributed by atoms with Crippen molar-refractivity contribution in [3.05, 3.63) is 58.2 Å². The van der Waals surface area contributed by atoms with Gasteiger partial charge in [0.2, 0.25) is 11.8 Å². The largest absolute Gasteiger partial charge is 0.310 e. The van der Waals surface area contributed by atoms with E-state index in [2.05, 4.69) is 20.8 Å². The first kappa shape index (κ1) is 18.9. The Morgan fingerprint density at radius 2 is 1.72 bits per heavy atom. The van der Waals surface area contributed by atoms with Gasteiger partial charge in [-0.05, 0) is 36.8 Å². The number of aromatic nitrogens is 1. The van der Waals surface area contributed by atoms with Crippen LogP contribution in [0.1, 0.15) is 18.9 Å². The summed E-state index contributed by atoms with van der Waals surface area (Å²) in [4.78, 5) is 27.7. The van der Waals surface area contributed by atoms with Gasteiger partial charge in [-0.15, -0.1) is 0 Å². The van der Waals surface area contributed by atoms with Gasteiger partial charge in [0.05, 0.1) is 17.9 Å². The normalized spacial score (nSPS) is 11.1. The Bertz CT molecular complexity index is 774. The summed E-state index contributed by atoms with van der Waals surface area (Å²) in [6.45, 7) is 1.65. The first-order valence-electron chi connectivity index (χ1n) is 7.40. The summed E-state index contributed by atoms with van der Waals surface area (Å²) in [5, 5.41) is 7.64. The zero-order valence-electron chi connectivity index (χ0n) is 13.4. The molecular formula is C17H16Cl2N4O2. The highest BCUT2D eigenvalue weighted by atomic mass is 35.5. The minimum Gasteiger partial charge on any atom is -0.310 e. The third-order valence-electron chi connectivity index (χ3n) is 3.06. The average Bonchev–Trinajstić information content (AvgIpc) is 2.57. The van der Waals surface area contributed by atoms with E-state index in [1.54, 1.807) is 43.3 Å². The van der Waals surface area contributed by atoms with E-state index in [9.17, 15) is 9.59 Å². The lowest BCUT2D eigenvalue weighted by molar-refractivity contribution is -0.120. The van der Waals surface area contributed by atoms with Crippen LogP contribution in [0, 0.1) is 0 Å². The quantitative estimate of drug-likeness (QED) is 0.596. The molecule has 0 saturated carbocycles. The molecule has 0 unspecified atom stereocenters. The molecule has 2 N–H and O–H groups in total. The van der Waals surface area contributed by atoms with Gasteiger partial charge in [-0.3, -0.25) is 9.59 Å². The molecule has 1 aromatic heterocycles. The van der Waals surface area contributed by atoms with Crippen molar-refractivity contribution in [2.75, 3.05) is 5.32 Å². The molecule has 0 fully saturated rings. The maximum absolute atomic E-state index is 11.9. The van der Waals surface area contributed by atoms with Crippen molar-refractivity contribution < 1.29 is 9.59 Å². The van der Waals surface area contributed by atoms with Crippen LogP contribution < -0.4 is 10.7 Å². The highest BCUT2D eigenvalue weighted by Crippen LogP contribution is 2.10. The molecule has 0 aliphatic rings. The van der Waals surface area contributed by atoms with E-state index in [0.717, 1.165) is 5.56 Å². The molecular weight excluding hydrogens is 363 g/mol. The SMILES string of the molecule is C/C(CC(=O)Nc1ccc(Cl)cn1)=N\NC(=O)Cc1ccc(Cl)cc1. The van der Waals surface area contributed by atoms with E-state index in [1.807, 2.05) is 0 Å². The van der Waals surface area contributed by atoms with Crippen LogP contribution in [0.4, 0.5) is 5.82 Å². The number of nitrogens with one attached hydrogen (secondary N) is 2. The first-order valence-corrected chi connectivity index (χ1v) is 8.16. The number of hydrogen-bond acceptors (Lipinski definition) is 4. The molecule has 6 nitrogen and oxygen atoms in total. The van der Waals surface area contributed by atoms with Crippen LogP contribution in [0.2, 0.25) is 10.0 Å². The number of amides is 2. The monoisotopic (exact) mass is 378 g/mol. The van der Waals surface area contributed by atoms with E-state index in [-0.39, 0.29) is 24.7 Å². The molecule has 0 atom stereocenters. The summed E-state index contributed by atoms with van der Waals surface area (Å²) in [5.41, 5.74) is 3.71. The second-order valence-electron chi connectivity index (χ2n) is 5.27.